The predicted octanol–water partition coefficient (Wildman–Crippen LogP) is 2.93. The zero-order valence-electron chi connectivity index (χ0n) is 15.8. The number of benzene rings is 1. The van der Waals surface area contributed by atoms with Gasteiger partial charge in [-0.15, -0.1) is 0 Å². The zero-order valence-corrected chi connectivity index (χ0v) is 17.4. The van der Waals surface area contributed by atoms with Crippen molar-refractivity contribution in [3.05, 3.63) is 29.3 Å². The molecule has 6 nitrogen and oxygen atoms in total. The number of nitrogens with one attached hydrogen (secondary N) is 1. The van der Waals surface area contributed by atoms with Crippen LogP contribution in [0.25, 0.3) is 0 Å². The van der Waals surface area contributed by atoms with Gasteiger partial charge in [0, 0.05) is 11.6 Å². The molecule has 0 spiro atoms. The summed E-state index contributed by atoms with van der Waals surface area (Å²) in [5.41, 5.74) is -1.19. The van der Waals surface area contributed by atoms with Crippen molar-refractivity contribution in [2.75, 3.05) is 13.1 Å². The van der Waals surface area contributed by atoms with Gasteiger partial charge in [0.1, 0.15) is 5.54 Å². The van der Waals surface area contributed by atoms with Gasteiger partial charge in [0.2, 0.25) is 5.91 Å². The predicted molar refractivity (Wildman–Crippen MR) is 99.1 cm³/mol. The van der Waals surface area contributed by atoms with Crippen LogP contribution in [0.3, 0.4) is 0 Å². The minimum atomic E-state index is -5.87. The Bertz CT molecular complexity index is 1000. The molecule has 1 aromatic carbocycles. The van der Waals surface area contributed by atoms with Crippen LogP contribution in [-0.2, 0) is 14.6 Å². The van der Waals surface area contributed by atoms with Gasteiger partial charge in [-0.3, -0.25) is 9.69 Å². The number of sulfone groups is 1. The Balaban J connectivity index is 1.88. The van der Waals surface area contributed by atoms with E-state index in [4.69, 9.17) is 16.9 Å². The highest BCUT2D eigenvalue weighted by atomic mass is 35.5. The fourth-order valence-electron chi connectivity index (χ4n) is 3.40. The summed E-state index contributed by atoms with van der Waals surface area (Å²) in [6, 6.07) is 5.27. The first-order valence-electron chi connectivity index (χ1n) is 9.12. The van der Waals surface area contributed by atoms with Gasteiger partial charge >= 0.3 is 12.1 Å². The van der Waals surface area contributed by atoms with Gasteiger partial charge < -0.3 is 5.32 Å². The maximum absolute atomic E-state index is 13.7. The topological polar surface area (TPSA) is 90.3 Å². The molecule has 1 saturated heterocycles. The lowest BCUT2D eigenvalue weighted by Crippen LogP contribution is -2.53. The van der Waals surface area contributed by atoms with Gasteiger partial charge in [-0.2, -0.15) is 27.2 Å². The highest BCUT2D eigenvalue weighted by Gasteiger charge is 2.60. The van der Waals surface area contributed by atoms with Crippen molar-refractivity contribution in [2.24, 2.45) is 0 Å². The molecule has 1 saturated carbocycles. The number of halogens is 6. The Kier molecular flexibility index (Phi) is 6.01. The Hall–Kier alpha value is -1.97. The van der Waals surface area contributed by atoms with E-state index >= 15 is 0 Å². The smallest absolute Gasteiger partial charge is 0.336 e. The van der Waals surface area contributed by atoms with Crippen molar-refractivity contribution in [1.82, 2.24) is 10.2 Å². The maximum Gasteiger partial charge on any atom is 0.454 e. The molecule has 1 aliphatic carbocycles. The summed E-state index contributed by atoms with van der Waals surface area (Å²) in [6.07, 6.45) is -5.74. The molecule has 0 unspecified atom stereocenters. The third kappa shape index (κ3) is 4.78. The Labute approximate surface area is 179 Å². The Morgan fingerprint density at radius 1 is 1.23 bits per heavy atom. The summed E-state index contributed by atoms with van der Waals surface area (Å²) < 4.78 is 91.4. The first-order chi connectivity index (χ1) is 14.2. The van der Waals surface area contributed by atoms with E-state index < -0.39 is 64.2 Å². The number of rotatable bonds is 6. The molecule has 2 fully saturated rings. The summed E-state index contributed by atoms with van der Waals surface area (Å²) in [5.74, 6) is -6.11. The molecule has 31 heavy (non-hydrogen) atoms. The van der Waals surface area contributed by atoms with Crippen LogP contribution in [0, 0.1) is 11.3 Å². The van der Waals surface area contributed by atoms with Crippen LogP contribution in [0.4, 0.5) is 22.0 Å². The zero-order chi connectivity index (χ0) is 23.2. The molecule has 3 rings (SSSR count). The third-order valence-corrected chi connectivity index (χ3v) is 7.79. The van der Waals surface area contributed by atoms with Gasteiger partial charge in [-0.1, -0.05) is 11.6 Å². The van der Waals surface area contributed by atoms with Gasteiger partial charge in [0.25, 0.3) is 0 Å². The maximum atomic E-state index is 13.7. The lowest BCUT2D eigenvalue weighted by atomic mass is 10.1. The number of amides is 1. The quantitative estimate of drug-likeness (QED) is 0.626. The average Bonchev–Trinajstić information content (AvgIpc) is 3.30. The van der Waals surface area contributed by atoms with Crippen molar-refractivity contribution in [1.29, 1.82) is 5.26 Å². The van der Waals surface area contributed by atoms with Crippen LogP contribution in [0.1, 0.15) is 19.3 Å². The number of hydrogen-bond donors (Lipinski definition) is 1. The second-order valence-corrected chi connectivity index (χ2v) is 10.4. The van der Waals surface area contributed by atoms with Gasteiger partial charge in [-0.25, -0.2) is 8.42 Å². The number of likely N-dealkylation sites (tertiary alicyclic amines) is 1. The minimum absolute atomic E-state index is 0.193. The van der Waals surface area contributed by atoms with E-state index in [9.17, 15) is 35.2 Å². The van der Waals surface area contributed by atoms with Crippen molar-refractivity contribution in [3.63, 3.8) is 0 Å². The SMILES string of the molecule is N#CC1(NC(=O)[C@@H]2C[C@@H](S(=O)(=O)c3ccc(Cl)cc3)CN2CC(F)(F)C(F)(F)F)CC1. The lowest BCUT2D eigenvalue weighted by molar-refractivity contribution is -0.286. The highest BCUT2D eigenvalue weighted by molar-refractivity contribution is 7.92. The molecule has 1 aliphatic heterocycles. The van der Waals surface area contributed by atoms with Crippen LogP contribution in [0.5, 0.6) is 0 Å². The summed E-state index contributed by atoms with van der Waals surface area (Å²) in [6.45, 7) is -2.57. The lowest BCUT2D eigenvalue weighted by Gasteiger charge is -2.29. The van der Waals surface area contributed by atoms with Crippen molar-refractivity contribution in [2.45, 2.75) is 53.1 Å². The first-order valence-corrected chi connectivity index (χ1v) is 11.0. The molecule has 1 heterocycles. The fourth-order valence-corrected chi connectivity index (χ4v) is 5.25. The van der Waals surface area contributed by atoms with E-state index in [1.54, 1.807) is 0 Å². The summed E-state index contributed by atoms with van der Waals surface area (Å²) in [5, 5.41) is 10.3. The van der Waals surface area contributed by atoms with Crippen molar-refractivity contribution >= 4 is 27.3 Å². The summed E-state index contributed by atoms with van der Waals surface area (Å²) in [4.78, 5) is 12.9. The van der Waals surface area contributed by atoms with E-state index in [0.29, 0.717) is 17.7 Å². The number of nitrogens with zero attached hydrogens (tertiary/aromatic N) is 2. The van der Waals surface area contributed by atoms with Crippen LogP contribution >= 0.6 is 11.6 Å². The van der Waals surface area contributed by atoms with Gasteiger partial charge in [0.15, 0.2) is 9.84 Å². The standard InChI is InChI=1S/C18H17ClF5N3O3S/c19-11-1-3-12(4-2-11)31(29,30)13-7-14(15(28)26-16(9-25)5-6-16)27(8-13)10-17(20,21)18(22,23)24/h1-4,13-14H,5-8,10H2,(H,26,28)/t13-,14+/m1/s1. The molecule has 2 atom stereocenters. The third-order valence-electron chi connectivity index (χ3n) is 5.39. The number of hydrogen-bond acceptors (Lipinski definition) is 5. The average molecular weight is 486 g/mol. The van der Waals surface area contributed by atoms with Gasteiger partial charge in [0.05, 0.1) is 28.8 Å². The van der Waals surface area contributed by atoms with Gasteiger partial charge in [-0.05, 0) is 43.5 Å². The largest absolute Gasteiger partial charge is 0.454 e. The van der Waals surface area contributed by atoms with Crippen LogP contribution < -0.4 is 5.32 Å². The van der Waals surface area contributed by atoms with Crippen LogP contribution in [-0.4, -0.2) is 61.2 Å². The number of alkyl halides is 5. The molecule has 2 aliphatic rings. The molecule has 170 valence electrons. The normalized spacial score (nSPS) is 23.9. The van der Waals surface area contributed by atoms with E-state index in [0.717, 1.165) is 0 Å². The molecule has 13 heteroatoms. The summed E-state index contributed by atoms with van der Waals surface area (Å²) >= 11 is 5.73. The fraction of sp³-hybridized carbons (Fsp3) is 0.556. The second-order valence-electron chi connectivity index (χ2n) is 7.69. The van der Waals surface area contributed by atoms with Crippen molar-refractivity contribution < 1.29 is 35.2 Å². The molecular formula is C18H17ClF5N3O3S. The van der Waals surface area contributed by atoms with Crippen LogP contribution in [0.2, 0.25) is 5.02 Å². The Morgan fingerprint density at radius 3 is 2.29 bits per heavy atom. The van der Waals surface area contributed by atoms with Crippen LogP contribution in [0.15, 0.2) is 29.2 Å². The minimum Gasteiger partial charge on any atom is -0.336 e. The second kappa shape index (κ2) is 7.86. The van der Waals surface area contributed by atoms with E-state index in [-0.39, 0.29) is 9.92 Å². The first kappa shape index (κ1) is 23.7. The molecule has 0 bridgehead atoms. The van der Waals surface area contributed by atoms with E-state index in [1.807, 2.05) is 6.07 Å². The molecular weight excluding hydrogens is 469 g/mol. The van der Waals surface area contributed by atoms with Crippen molar-refractivity contribution in [3.8, 4) is 6.07 Å². The Morgan fingerprint density at radius 2 is 1.81 bits per heavy atom. The molecule has 0 aromatic heterocycles. The highest BCUT2D eigenvalue weighted by Crippen LogP contribution is 2.39. The van der Waals surface area contributed by atoms with E-state index in [1.165, 1.54) is 24.3 Å². The molecule has 0 radical (unpaired) electrons. The molecule has 1 amide bonds. The monoisotopic (exact) mass is 485 g/mol. The summed E-state index contributed by atoms with van der Waals surface area (Å²) in [7, 11) is -4.15. The van der Waals surface area contributed by atoms with E-state index in [2.05, 4.69) is 5.32 Å². The number of nitriles is 1. The molecule has 1 aromatic rings. The number of carbonyl (C=O) groups is 1. The molecule has 1 N–H and O–H groups in total. The number of carbonyl (C=O) groups excluding carboxylic acids is 1.